The van der Waals surface area contributed by atoms with E-state index in [1.54, 1.807) is 0 Å². The Morgan fingerprint density at radius 1 is 0.850 bits per heavy atom. The van der Waals surface area contributed by atoms with Gasteiger partial charge in [0.15, 0.2) is 0 Å². The molecule has 0 aliphatic rings. The van der Waals surface area contributed by atoms with Gasteiger partial charge in [0.25, 0.3) is 0 Å². The highest BCUT2D eigenvalue weighted by atomic mass is 14.5. The summed E-state index contributed by atoms with van der Waals surface area (Å²) in [7, 11) is 0. The Balaban J connectivity index is 2.71. The average molecular weight is 267 g/mol. The molecule has 0 radical (unpaired) electrons. The lowest BCUT2D eigenvalue weighted by Crippen LogP contribution is -1.99. The first kappa shape index (κ1) is 14.6. The summed E-state index contributed by atoms with van der Waals surface area (Å²) in [6.07, 6.45) is 3.24. The molecule has 0 saturated heterocycles. The topological polar surface area (TPSA) is 26.0 Å². The number of anilines is 1. The van der Waals surface area contributed by atoms with Crippen LogP contribution in [0.1, 0.15) is 43.0 Å². The lowest BCUT2D eigenvalue weighted by molar-refractivity contribution is 1.05. The van der Waals surface area contributed by atoms with Crippen molar-refractivity contribution in [3.63, 3.8) is 0 Å². The van der Waals surface area contributed by atoms with Gasteiger partial charge in [-0.2, -0.15) is 0 Å². The van der Waals surface area contributed by atoms with E-state index in [0.717, 1.165) is 24.9 Å². The molecule has 0 aromatic heterocycles. The minimum absolute atomic E-state index is 0.840. The van der Waals surface area contributed by atoms with Crippen LogP contribution in [0.15, 0.2) is 30.3 Å². The Bertz CT molecular complexity index is 586. The maximum absolute atomic E-state index is 5.89. The van der Waals surface area contributed by atoms with Gasteiger partial charge in [-0.3, -0.25) is 0 Å². The molecule has 0 bridgehead atoms. The van der Waals surface area contributed by atoms with Gasteiger partial charge in [0.1, 0.15) is 0 Å². The van der Waals surface area contributed by atoms with E-state index in [9.17, 15) is 0 Å². The molecule has 0 aliphatic heterocycles. The molecule has 0 spiro atoms. The molecule has 2 aromatic rings. The second kappa shape index (κ2) is 6.13. The molecule has 0 atom stereocenters. The number of aryl methyl sites for hydroxylation is 4. The van der Waals surface area contributed by atoms with Crippen molar-refractivity contribution in [2.45, 2.75) is 47.0 Å². The van der Waals surface area contributed by atoms with Crippen molar-refractivity contribution >= 4 is 5.69 Å². The number of nitrogens with two attached hydrogens (primary N) is 1. The van der Waals surface area contributed by atoms with Gasteiger partial charge in [-0.25, -0.2) is 0 Å². The molecule has 20 heavy (non-hydrogen) atoms. The maximum Gasteiger partial charge on any atom is 0.0317 e. The zero-order chi connectivity index (χ0) is 14.7. The summed E-state index contributed by atoms with van der Waals surface area (Å²) in [6, 6.07) is 11.0. The van der Waals surface area contributed by atoms with Gasteiger partial charge in [0.2, 0.25) is 0 Å². The molecule has 0 amide bonds. The first-order valence-corrected chi connectivity index (χ1v) is 7.61. The van der Waals surface area contributed by atoms with E-state index in [-0.39, 0.29) is 0 Å². The number of rotatable bonds is 4. The lowest BCUT2D eigenvalue weighted by atomic mass is 9.87. The quantitative estimate of drug-likeness (QED) is 0.781. The van der Waals surface area contributed by atoms with Crippen LogP contribution >= 0.6 is 0 Å². The Labute approximate surface area is 122 Å². The molecule has 2 rings (SSSR count). The standard InChI is InChI=1S/C19H25N/c1-5-14-11-15(6-2)19(16(7-3)12-14)18-9-8-17(20)10-13(18)4/h8-12H,5-7,20H2,1-4H3. The first-order valence-electron chi connectivity index (χ1n) is 7.61. The zero-order valence-electron chi connectivity index (χ0n) is 13.1. The molecule has 2 aromatic carbocycles. The molecule has 2 N–H and O–H groups in total. The zero-order valence-corrected chi connectivity index (χ0v) is 13.1. The van der Waals surface area contributed by atoms with Gasteiger partial charge < -0.3 is 5.73 Å². The van der Waals surface area contributed by atoms with Crippen molar-refractivity contribution in [3.05, 3.63) is 52.6 Å². The van der Waals surface area contributed by atoms with Crippen LogP contribution < -0.4 is 5.73 Å². The number of hydrogen-bond acceptors (Lipinski definition) is 1. The normalized spacial score (nSPS) is 10.8. The molecule has 1 nitrogen and oxygen atoms in total. The summed E-state index contributed by atoms with van der Waals surface area (Å²) in [4.78, 5) is 0. The van der Waals surface area contributed by atoms with Crippen LogP contribution in [0.3, 0.4) is 0 Å². The van der Waals surface area contributed by atoms with Gasteiger partial charge >= 0.3 is 0 Å². The number of hydrogen-bond donors (Lipinski definition) is 1. The average Bonchev–Trinajstić information content (AvgIpc) is 2.46. The Morgan fingerprint density at radius 3 is 1.90 bits per heavy atom. The summed E-state index contributed by atoms with van der Waals surface area (Å²) in [5.74, 6) is 0. The van der Waals surface area contributed by atoms with Crippen LogP contribution in [-0.4, -0.2) is 0 Å². The van der Waals surface area contributed by atoms with Crippen LogP contribution in [0, 0.1) is 6.92 Å². The molecule has 106 valence electrons. The van der Waals surface area contributed by atoms with Crippen LogP contribution in [0.2, 0.25) is 0 Å². The monoisotopic (exact) mass is 267 g/mol. The molecule has 0 heterocycles. The van der Waals surface area contributed by atoms with Crippen molar-refractivity contribution in [3.8, 4) is 11.1 Å². The van der Waals surface area contributed by atoms with Crippen molar-refractivity contribution in [2.75, 3.05) is 5.73 Å². The van der Waals surface area contributed by atoms with E-state index >= 15 is 0 Å². The number of benzene rings is 2. The second-order valence-electron chi connectivity index (χ2n) is 5.42. The highest BCUT2D eigenvalue weighted by Crippen LogP contribution is 2.33. The molecule has 0 unspecified atom stereocenters. The van der Waals surface area contributed by atoms with Crippen molar-refractivity contribution in [2.24, 2.45) is 0 Å². The fraction of sp³-hybridized carbons (Fsp3) is 0.368. The predicted molar refractivity (Wildman–Crippen MR) is 89.2 cm³/mol. The largest absolute Gasteiger partial charge is 0.399 e. The molecule has 1 heteroatoms. The van der Waals surface area contributed by atoms with Gasteiger partial charge in [-0.15, -0.1) is 0 Å². The van der Waals surface area contributed by atoms with Crippen LogP contribution in [-0.2, 0) is 19.3 Å². The van der Waals surface area contributed by atoms with Crippen LogP contribution in [0.25, 0.3) is 11.1 Å². The third-order valence-corrected chi connectivity index (χ3v) is 4.05. The minimum Gasteiger partial charge on any atom is -0.399 e. The summed E-state index contributed by atoms with van der Waals surface area (Å²) in [5.41, 5.74) is 15.1. The smallest absolute Gasteiger partial charge is 0.0317 e. The third kappa shape index (κ3) is 2.72. The lowest BCUT2D eigenvalue weighted by Gasteiger charge is -2.18. The minimum atomic E-state index is 0.840. The van der Waals surface area contributed by atoms with Crippen LogP contribution in [0.5, 0.6) is 0 Å². The summed E-state index contributed by atoms with van der Waals surface area (Å²) >= 11 is 0. The Kier molecular flexibility index (Phi) is 4.49. The maximum atomic E-state index is 5.89. The van der Waals surface area contributed by atoms with Gasteiger partial charge in [-0.1, -0.05) is 39.0 Å². The van der Waals surface area contributed by atoms with Gasteiger partial charge in [0.05, 0.1) is 0 Å². The SMILES string of the molecule is CCc1cc(CC)c(-c2ccc(N)cc2C)c(CC)c1. The molecular formula is C19H25N. The fourth-order valence-corrected chi connectivity index (χ4v) is 2.91. The van der Waals surface area contributed by atoms with E-state index in [1.165, 1.54) is 33.4 Å². The molecule has 0 saturated carbocycles. The van der Waals surface area contributed by atoms with Crippen molar-refractivity contribution in [1.82, 2.24) is 0 Å². The Hall–Kier alpha value is -1.76. The Morgan fingerprint density at radius 2 is 1.45 bits per heavy atom. The summed E-state index contributed by atoms with van der Waals surface area (Å²) < 4.78 is 0. The van der Waals surface area contributed by atoms with E-state index in [1.807, 2.05) is 6.07 Å². The summed E-state index contributed by atoms with van der Waals surface area (Å²) in [6.45, 7) is 8.86. The van der Waals surface area contributed by atoms with Gasteiger partial charge in [0, 0.05) is 5.69 Å². The van der Waals surface area contributed by atoms with Crippen LogP contribution in [0.4, 0.5) is 5.69 Å². The number of nitrogen functional groups attached to an aromatic ring is 1. The van der Waals surface area contributed by atoms with E-state index in [2.05, 4.69) is 52.0 Å². The van der Waals surface area contributed by atoms with E-state index < -0.39 is 0 Å². The van der Waals surface area contributed by atoms with Crippen molar-refractivity contribution in [1.29, 1.82) is 0 Å². The van der Waals surface area contributed by atoms with Crippen molar-refractivity contribution < 1.29 is 0 Å². The summed E-state index contributed by atoms with van der Waals surface area (Å²) in [5, 5.41) is 0. The fourth-order valence-electron chi connectivity index (χ4n) is 2.91. The molecule has 0 fully saturated rings. The van der Waals surface area contributed by atoms with E-state index in [4.69, 9.17) is 5.73 Å². The third-order valence-electron chi connectivity index (χ3n) is 4.05. The van der Waals surface area contributed by atoms with Gasteiger partial charge in [-0.05, 0) is 71.7 Å². The molecule has 0 aliphatic carbocycles. The predicted octanol–water partition coefficient (Wildman–Crippen LogP) is 4.93. The second-order valence-corrected chi connectivity index (χ2v) is 5.42. The molecular weight excluding hydrogens is 242 g/mol. The highest BCUT2D eigenvalue weighted by Gasteiger charge is 2.12. The highest BCUT2D eigenvalue weighted by molar-refractivity contribution is 5.76. The van der Waals surface area contributed by atoms with E-state index in [0.29, 0.717) is 0 Å². The first-order chi connectivity index (χ1) is 9.60.